The predicted molar refractivity (Wildman–Crippen MR) is 74.1 cm³/mol. The van der Waals surface area contributed by atoms with E-state index in [9.17, 15) is 8.42 Å². The molecule has 0 saturated carbocycles. The van der Waals surface area contributed by atoms with E-state index in [1.165, 1.54) is 6.07 Å². The van der Waals surface area contributed by atoms with Gasteiger partial charge in [-0.2, -0.15) is 5.26 Å². The van der Waals surface area contributed by atoms with Crippen molar-refractivity contribution < 1.29 is 8.42 Å². The average molecular weight is 283 g/mol. The molecule has 1 aliphatic rings. The zero-order valence-electron chi connectivity index (χ0n) is 10.2. The summed E-state index contributed by atoms with van der Waals surface area (Å²) >= 11 is 0. The van der Waals surface area contributed by atoms with Crippen molar-refractivity contribution in [2.24, 2.45) is 4.99 Å². The molecule has 5 nitrogen and oxygen atoms in total. The number of sulfonamides is 1. The second-order valence-electron chi connectivity index (χ2n) is 4.22. The summed E-state index contributed by atoms with van der Waals surface area (Å²) in [4.78, 5) is 4.47. The first-order chi connectivity index (χ1) is 9.60. The van der Waals surface area contributed by atoms with Crippen LogP contribution >= 0.6 is 0 Å². The first kappa shape index (κ1) is 12.4. The number of nitrogens with zero attached hydrogens (tertiary/aromatic N) is 2. The molecule has 0 radical (unpaired) electrons. The first-order valence-corrected chi connectivity index (χ1v) is 7.29. The van der Waals surface area contributed by atoms with Gasteiger partial charge in [-0.15, -0.1) is 0 Å². The lowest BCUT2D eigenvalue weighted by atomic mass is 10.1. The van der Waals surface area contributed by atoms with E-state index in [2.05, 4.69) is 9.71 Å². The molecule has 1 aliphatic heterocycles. The van der Waals surface area contributed by atoms with Gasteiger partial charge in [-0.05, 0) is 36.4 Å². The minimum Gasteiger partial charge on any atom is -0.263 e. The lowest BCUT2D eigenvalue weighted by molar-refractivity contribution is 0.592. The van der Waals surface area contributed by atoms with Gasteiger partial charge in [-0.1, -0.05) is 12.1 Å². The summed E-state index contributed by atoms with van der Waals surface area (Å²) < 4.78 is 26.7. The fourth-order valence-corrected chi connectivity index (χ4v) is 3.10. The van der Waals surface area contributed by atoms with Crippen molar-refractivity contribution in [2.75, 3.05) is 0 Å². The van der Waals surface area contributed by atoms with Gasteiger partial charge in [0.15, 0.2) is 0 Å². The molecule has 1 heterocycles. The molecule has 0 aromatic heterocycles. The van der Waals surface area contributed by atoms with E-state index in [1.807, 2.05) is 6.07 Å². The summed E-state index contributed by atoms with van der Waals surface area (Å²) in [5.41, 5.74) is 1.53. The molecule has 6 heteroatoms. The van der Waals surface area contributed by atoms with Crippen molar-refractivity contribution in [3.8, 4) is 6.07 Å². The Morgan fingerprint density at radius 3 is 2.45 bits per heavy atom. The maximum absolute atomic E-state index is 12.1. The quantitative estimate of drug-likeness (QED) is 0.868. The van der Waals surface area contributed by atoms with Crippen LogP contribution in [0.4, 0.5) is 5.69 Å². The van der Waals surface area contributed by atoms with E-state index < -0.39 is 10.0 Å². The number of nitriles is 1. The second kappa shape index (κ2) is 4.47. The molecule has 2 aromatic rings. The zero-order valence-corrected chi connectivity index (χ0v) is 11.1. The van der Waals surface area contributed by atoms with Crippen LogP contribution in [-0.4, -0.2) is 14.3 Å². The Labute approximate surface area is 116 Å². The van der Waals surface area contributed by atoms with Crippen LogP contribution < -0.4 is 4.72 Å². The number of fused-ring (bicyclic) bond motifs is 1. The molecular weight excluding hydrogens is 274 g/mol. The highest BCUT2D eigenvalue weighted by Crippen LogP contribution is 2.28. The Kier molecular flexibility index (Phi) is 2.77. The van der Waals surface area contributed by atoms with Gasteiger partial charge in [0.25, 0.3) is 10.0 Å². The molecule has 1 N–H and O–H groups in total. The van der Waals surface area contributed by atoms with Gasteiger partial charge in [0.1, 0.15) is 10.7 Å². The molecule has 0 saturated heterocycles. The number of rotatable bonds is 1. The number of amidine groups is 1. The molecule has 0 fully saturated rings. The molecule has 2 aromatic carbocycles. The molecule has 98 valence electrons. The van der Waals surface area contributed by atoms with Crippen molar-refractivity contribution in [3.05, 3.63) is 59.7 Å². The Morgan fingerprint density at radius 1 is 1.05 bits per heavy atom. The van der Waals surface area contributed by atoms with Gasteiger partial charge in [0, 0.05) is 5.56 Å². The summed E-state index contributed by atoms with van der Waals surface area (Å²) in [6.45, 7) is 0. The van der Waals surface area contributed by atoms with E-state index in [0.717, 1.165) is 0 Å². The highest BCUT2D eigenvalue weighted by atomic mass is 32.2. The van der Waals surface area contributed by atoms with Gasteiger partial charge in [0.05, 0.1) is 17.3 Å². The molecule has 20 heavy (non-hydrogen) atoms. The Hall–Kier alpha value is -2.65. The van der Waals surface area contributed by atoms with Crippen LogP contribution in [0.1, 0.15) is 11.1 Å². The molecule has 0 aliphatic carbocycles. The fourth-order valence-electron chi connectivity index (χ4n) is 1.93. The Balaban J connectivity index is 2.13. The number of hydrogen-bond acceptors (Lipinski definition) is 4. The predicted octanol–water partition coefficient (Wildman–Crippen LogP) is 1.93. The van der Waals surface area contributed by atoms with E-state index in [4.69, 9.17) is 5.26 Å². The van der Waals surface area contributed by atoms with Gasteiger partial charge >= 0.3 is 0 Å². The number of benzene rings is 2. The molecule has 0 atom stereocenters. The number of para-hydroxylation sites is 1. The summed E-state index contributed by atoms with van der Waals surface area (Å²) in [7, 11) is -3.60. The smallest absolute Gasteiger partial charge is 0.263 e. The first-order valence-electron chi connectivity index (χ1n) is 5.81. The standard InChI is InChI=1S/C14H9N3O2S/c15-9-10-5-7-11(8-6-10)14-16-12-3-1-2-4-13(12)20(18,19)17-14/h1-8H,(H,16,17). The topological polar surface area (TPSA) is 82.3 Å². The minimum absolute atomic E-state index is 0.164. The monoisotopic (exact) mass is 283 g/mol. The van der Waals surface area contributed by atoms with Crippen LogP contribution in [0.2, 0.25) is 0 Å². The third kappa shape index (κ3) is 2.04. The zero-order chi connectivity index (χ0) is 14.2. The largest absolute Gasteiger partial charge is 0.265 e. The van der Waals surface area contributed by atoms with E-state index >= 15 is 0 Å². The van der Waals surface area contributed by atoms with Crippen LogP contribution in [0.15, 0.2) is 58.4 Å². The van der Waals surface area contributed by atoms with Gasteiger partial charge in [-0.3, -0.25) is 4.72 Å². The van der Waals surface area contributed by atoms with Crippen molar-refractivity contribution in [1.82, 2.24) is 4.72 Å². The average Bonchev–Trinajstić information content (AvgIpc) is 2.47. The summed E-state index contributed by atoms with van der Waals surface area (Å²) in [6, 6.07) is 15.1. The lowest BCUT2D eigenvalue weighted by Crippen LogP contribution is -2.33. The molecule has 0 amide bonds. The third-order valence-corrected chi connectivity index (χ3v) is 4.29. The van der Waals surface area contributed by atoms with Gasteiger partial charge in [0.2, 0.25) is 0 Å². The minimum atomic E-state index is -3.60. The van der Waals surface area contributed by atoms with Gasteiger partial charge in [-0.25, -0.2) is 13.4 Å². The highest BCUT2D eigenvalue weighted by molar-refractivity contribution is 7.90. The molecule has 3 rings (SSSR count). The molecule has 0 bridgehead atoms. The highest BCUT2D eigenvalue weighted by Gasteiger charge is 2.25. The Bertz CT molecular complexity index is 847. The number of nitrogens with one attached hydrogen (secondary N) is 1. The van der Waals surface area contributed by atoms with Crippen LogP contribution in [0.3, 0.4) is 0 Å². The molecular formula is C14H9N3O2S. The van der Waals surface area contributed by atoms with Crippen LogP contribution in [-0.2, 0) is 10.0 Å². The summed E-state index contributed by atoms with van der Waals surface area (Å²) in [5, 5.41) is 8.76. The van der Waals surface area contributed by atoms with Crippen molar-refractivity contribution in [2.45, 2.75) is 4.90 Å². The lowest BCUT2D eigenvalue weighted by Gasteiger charge is -2.17. The van der Waals surface area contributed by atoms with E-state index in [0.29, 0.717) is 16.8 Å². The van der Waals surface area contributed by atoms with Crippen LogP contribution in [0.25, 0.3) is 0 Å². The number of aliphatic imine (C=N–C) groups is 1. The number of hydrogen-bond donors (Lipinski definition) is 1. The normalized spacial score (nSPS) is 15.4. The molecule has 0 spiro atoms. The SMILES string of the molecule is N#Cc1ccc(C2=Nc3ccccc3S(=O)(=O)N2)cc1. The maximum Gasteiger partial charge on any atom is 0.265 e. The van der Waals surface area contributed by atoms with Crippen LogP contribution in [0, 0.1) is 11.3 Å². The Morgan fingerprint density at radius 2 is 1.75 bits per heavy atom. The summed E-state index contributed by atoms with van der Waals surface area (Å²) in [6.07, 6.45) is 0. The third-order valence-electron chi connectivity index (χ3n) is 2.91. The van der Waals surface area contributed by atoms with Crippen LogP contribution in [0.5, 0.6) is 0 Å². The van der Waals surface area contributed by atoms with Gasteiger partial charge < -0.3 is 0 Å². The van der Waals surface area contributed by atoms with Crippen molar-refractivity contribution in [3.63, 3.8) is 0 Å². The fraction of sp³-hybridized carbons (Fsp3) is 0. The molecule has 0 unspecified atom stereocenters. The maximum atomic E-state index is 12.1. The van der Waals surface area contributed by atoms with Crippen molar-refractivity contribution >= 4 is 21.5 Å². The van der Waals surface area contributed by atoms with Crippen molar-refractivity contribution in [1.29, 1.82) is 5.26 Å². The van der Waals surface area contributed by atoms with E-state index in [-0.39, 0.29) is 10.7 Å². The second-order valence-corrected chi connectivity index (χ2v) is 5.87. The summed E-state index contributed by atoms with van der Waals surface area (Å²) in [5.74, 6) is 0.258. The van der Waals surface area contributed by atoms with E-state index in [1.54, 1.807) is 42.5 Å².